The van der Waals surface area contributed by atoms with Crippen molar-refractivity contribution in [3.05, 3.63) is 28.9 Å². The molecule has 2 rings (SSSR count). The van der Waals surface area contributed by atoms with Crippen LogP contribution in [-0.4, -0.2) is 15.1 Å². The van der Waals surface area contributed by atoms with Crippen LogP contribution < -0.4 is 11.5 Å². The second kappa shape index (κ2) is 2.74. The fourth-order valence-corrected chi connectivity index (χ4v) is 0.886. The van der Waals surface area contributed by atoms with Crippen molar-refractivity contribution in [2.45, 2.75) is 0 Å². The van der Waals surface area contributed by atoms with E-state index < -0.39 is 5.76 Å². The number of hydrogen-bond donors (Lipinski definition) is 2. The molecule has 13 heavy (non-hydrogen) atoms. The molecule has 0 radical (unpaired) electrons. The lowest BCUT2D eigenvalue weighted by Gasteiger charge is -1.93. The van der Waals surface area contributed by atoms with E-state index in [0.29, 0.717) is 17.2 Å². The Bertz CT molecular complexity index is 456. The van der Waals surface area contributed by atoms with Gasteiger partial charge in [-0.2, -0.15) is 0 Å². The summed E-state index contributed by atoms with van der Waals surface area (Å²) in [4.78, 5) is 16.9. The quantitative estimate of drug-likeness (QED) is 0.640. The summed E-state index contributed by atoms with van der Waals surface area (Å²) in [5, 5.41) is 3.47. The van der Waals surface area contributed by atoms with E-state index in [1.807, 2.05) is 0 Å². The Hall–Kier alpha value is -2.11. The zero-order valence-corrected chi connectivity index (χ0v) is 6.52. The smallest absolute Gasteiger partial charge is 0.397 e. The zero-order valence-electron chi connectivity index (χ0n) is 6.52. The topological polar surface area (TPSA) is 97.8 Å². The number of H-pyrrole nitrogens is 1. The first kappa shape index (κ1) is 7.53. The lowest BCUT2D eigenvalue weighted by molar-refractivity contribution is 0.387. The van der Waals surface area contributed by atoms with Crippen molar-refractivity contribution in [3.63, 3.8) is 0 Å². The minimum absolute atomic E-state index is 0.296. The van der Waals surface area contributed by atoms with Crippen molar-refractivity contribution >= 4 is 5.69 Å². The molecule has 0 bridgehead atoms. The number of nitrogens with one attached hydrogen (secondary N) is 1. The highest BCUT2D eigenvalue weighted by Gasteiger charge is 2.03. The van der Waals surface area contributed by atoms with E-state index in [2.05, 4.69) is 19.6 Å². The van der Waals surface area contributed by atoms with Crippen molar-refractivity contribution in [2.24, 2.45) is 0 Å². The third kappa shape index (κ3) is 1.41. The summed E-state index contributed by atoms with van der Waals surface area (Å²) < 4.78 is 4.32. The molecule has 2 aromatic heterocycles. The van der Waals surface area contributed by atoms with E-state index >= 15 is 0 Å². The fourth-order valence-electron chi connectivity index (χ4n) is 0.886. The van der Waals surface area contributed by atoms with E-state index in [1.165, 1.54) is 6.20 Å². The molecule has 0 unspecified atom stereocenters. The lowest BCUT2D eigenvalue weighted by Crippen LogP contribution is -1.95. The molecule has 0 saturated heterocycles. The summed E-state index contributed by atoms with van der Waals surface area (Å²) in [6, 6.07) is 3.30. The predicted octanol–water partition coefficient (Wildman–Crippen LogP) is 0.00710. The van der Waals surface area contributed by atoms with Gasteiger partial charge in [0.1, 0.15) is 5.69 Å². The second-order valence-corrected chi connectivity index (χ2v) is 2.42. The Kier molecular flexibility index (Phi) is 1.59. The minimum Gasteiger partial charge on any atom is -0.397 e. The van der Waals surface area contributed by atoms with Gasteiger partial charge in [0.25, 0.3) is 0 Å². The monoisotopic (exact) mass is 178 g/mol. The van der Waals surface area contributed by atoms with Crippen molar-refractivity contribution in [1.82, 2.24) is 15.1 Å². The summed E-state index contributed by atoms with van der Waals surface area (Å²) in [6.07, 6.45) is 1.47. The number of anilines is 1. The Balaban J connectivity index is 2.47. The first-order chi connectivity index (χ1) is 6.25. The lowest BCUT2D eigenvalue weighted by atomic mass is 10.3. The molecular formula is C7H6N4O2. The van der Waals surface area contributed by atoms with E-state index in [-0.39, 0.29) is 0 Å². The molecule has 6 nitrogen and oxygen atoms in total. The first-order valence-electron chi connectivity index (χ1n) is 3.53. The van der Waals surface area contributed by atoms with Crippen molar-refractivity contribution in [2.75, 3.05) is 5.73 Å². The van der Waals surface area contributed by atoms with Gasteiger partial charge in [0, 0.05) is 0 Å². The van der Waals surface area contributed by atoms with Gasteiger partial charge >= 0.3 is 5.76 Å². The van der Waals surface area contributed by atoms with Crippen LogP contribution >= 0.6 is 0 Å². The van der Waals surface area contributed by atoms with Crippen LogP contribution in [0, 0.1) is 0 Å². The Morgan fingerprint density at radius 2 is 2.31 bits per heavy atom. The number of nitrogens with two attached hydrogens (primary N) is 1. The first-order valence-corrected chi connectivity index (χ1v) is 3.53. The Morgan fingerprint density at radius 3 is 2.85 bits per heavy atom. The van der Waals surface area contributed by atoms with Crippen LogP contribution in [0.15, 0.2) is 27.6 Å². The molecule has 2 aromatic rings. The van der Waals surface area contributed by atoms with Crippen molar-refractivity contribution in [1.29, 1.82) is 0 Å². The van der Waals surface area contributed by atoms with Crippen LogP contribution in [0.3, 0.4) is 0 Å². The maximum absolute atomic E-state index is 10.6. The molecule has 66 valence electrons. The second-order valence-electron chi connectivity index (χ2n) is 2.42. The highest BCUT2D eigenvalue weighted by Crippen LogP contribution is 2.10. The molecule has 0 aliphatic carbocycles. The summed E-state index contributed by atoms with van der Waals surface area (Å²) in [5.74, 6) is -0.307. The summed E-state index contributed by atoms with van der Waals surface area (Å²) in [7, 11) is 0. The molecule has 0 amide bonds. The number of nitrogens with zero attached hydrogens (tertiary/aromatic N) is 2. The Labute approximate surface area is 72.4 Å². The van der Waals surface area contributed by atoms with Crippen LogP contribution in [0.5, 0.6) is 0 Å². The molecule has 0 aliphatic heterocycles. The van der Waals surface area contributed by atoms with Gasteiger partial charge in [0.05, 0.1) is 11.9 Å². The summed E-state index contributed by atoms with van der Waals surface area (Å²) in [6.45, 7) is 0. The third-order valence-electron chi connectivity index (χ3n) is 1.47. The van der Waals surface area contributed by atoms with Crippen LogP contribution in [-0.2, 0) is 0 Å². The average Bonchev–Trinajstić information content (AvgIpc) is 2.53. The van der Waals surface area contributed by atoms with E-state index in [0.717, 1.165) is 0 Å². The van der Waals surface area contributed by atoms with E-state index in [4.69, 9.17) is 5.73 Å². The van der Waals surface area contributed by atoms with Gasteiger partial charge in [0.15, 0.2) is 0 Å². The number of hydrogen-bond acceptors (Lipinski definition) is 5. The number of nitrogen functional groups attached to an aromatic ring is 1. The van der Waals surface area contributed by atoms with Gasteiger partial charge < -0.3 is 5.73 Å². The number of rotatable bonds is 1. The molecule has 3 N–H and O–H groups in total. The molecule has 0 spiro atoms. The fraction of sp³-hybridized carbons (Fsp3) is 0. The summed E-state index contributed by atoms with van der Waals surface area (Å²) in [5.41, 5.74) is 6.50. The normalized spacial score (nSPS) is 10.2. The molecule has 0 saturated carbocycles. The van der Waals surface area contributed by atoms with Gasteiger partial charge in [-0.15, -0.1) is 0 Å². The van der Waals surface area contributed by atoms with Crippen molar-refractivity contribution in [3.8, 4) is 11.5 Å². The molecule has 0 fully saturated rings. The van der Waals surface area contributed by atoms with Gasteiger partial charge in [-0.1, -0.05) is 5.16 Å². The predicted molar refractivity (Wildman–Crippen MR) is 44.8 cm³/mol. The van der Waals surface area contributed by atoms with Crippen LogP contribution in [0.4, 0.5) is 5.69 Å². The Morgan fingerprint density at radius 1 is 1.46 bits per heavy atom. The number of aromatic nitrogens is 3. The molecule has 0 aromatic carbocycles. The maximum atomic E-state index is 10.6. The highest BCUT2D eigenvalue weighted by molar-refractivity contribution is 5.51. The van der Waals surface area contributed by atoms with Gasteiger partial charge in [-0.3, -0.25) is 14.5 Å². The average molecular weight is 178 g/mol. The molecular weight excluding hydrogens is 172 g/mol. The van der Waals surface area contributed by atoms with Crippen LogP contribution in [0.1, 0.15) is 0 Å². The van der Waals surface area contributed by atoms with Gasteiger partial charge in [-0.05, 0) is 12.1 Å². The van der Waals surface area contributed by atoms with E-state index in [1.54, 1.807) is 12.1 Å². The summed E-state index contributed by atoms with van der Waals surface area (Å²) >= 11 is 0. The number of pyridine rings is 1. The molecule has 6 heteroatoms. The SMILES string of the molecule is Nc1ccc(-c2noc(=O)[nH]2)nc1. The van der Waals surface area contributed by atoms with Gasteiger partial charge in [-0.25, -0.2) is 4.79 Å². The maximum Gasteiger partial charge on any atom is 0.439 e. The zero-order chi connectivity index (χ0) is 9.26. The minimum atomic E-state index is -0.603. The highest BCUT2D eigenvalue weighted by atomic mass is 16.5. The van der Waals surface area contributed by atoms with E-state index in [9.17, 15) is 4.79 Å². The van der Waals surface area contributed by atoms with Crippen molar-refractivity contribution < 1.29 is 4.52 Å². The van der Waals surface area contributed by atoms with Crippen LogP contribution in [0.25, 0.3) is 11.5 Å². The number of aromatic amines is 1. The third-order valence-corrected chi connectivity index (χ3v) is 1.47. The van der Waals surface area contributed by atoms with Gasteiger partial charge in [0.2, 0.25) is 5.82 Å². The largest absolute Gasteiger partial charge is 0.439 e. The van der Waals surface area contributed by atoms with Crippen LogP contribution in [0.2, 0.25) is 0 Å². The molecule has 2 heterocycles. The standard InChI is InChI=1S/C7H6N4O2/c8-4-1-2-5(9-3-4)6-10-7(12)13-11-6/h1-3H,8H2,(H,10,11,12). The molecule has 0 atom stereocenters. The molecule has 0 aliphatic rings.